The maximum Gasteiger partial charge on any atom is 0.242 e. The summed E-state index contributed by atoms with van der Waals surface area (Å²) in [5, 5.41) is 3.44. The predicted molar refractivity (Wildman–Crippen MR) is 119 cm³/mol. The summed E-state index contributed by atoms with van der Waals surface area (Å²) in [5.74, 6) is 0.968. The van der Waals surface area contributed by atoms with Crippen molar-refractivity contribution in [3.63, 3.8) is 0 Å². The van der Waals surface area contributed by atoms with Crippen molar-refractivity contribution in [3.05, 3.63) is 88.8 Å². The third kappa shape index (κ3) is 6.36. The Morgan fingerprint density at radius 1 is 1.06 bits per heavy atom. The van der Waals surface area contributed by atoms with E-state index in [9.17, 15) is 9.59 Å². The van der Waals surface area contributed by atoms with Crippen molar-refractivity contribution in [2.24, 2.45) is 0 Å². The number of benzene rings is 2. The van der Waals surface area contributed by atoms with Crippen LogP contribution < -0.4 is 10.1 Å². The van der Waals surface area contributed by atoms with Crippen molar-refractivity contribution < 1.29 is 18.7 Å². The molecule has 2 aromatic carbocycles. The molecule has 7 heteroatoms. The molecule has 1 atom stereocenters. The topological polar surface area (TPSA) is 71.8 Å². The molecular weight excluding hydrogens is 416 g/mol. The average molecular weight is 441 g/mol. The minimum atomic E-state index is -0.670. The molecule has 0 saturated carbocycles. The molecule has 6 nitrogen and oxygen atoms in total. The summed E-state index contributed by atoms with van der Waals surface area (Å²) >= 11 is 5.95. The molecule has 0 radical (unpaired) electrons. The van der Waals surface area contributed by atoms with E-state index in [-0.39, 0.29) is 24.8 Å². The molecule has 3 rings (SSSR count). The van der Waals surface area contributed by atoms with Crippen molar-refractivity contribution >= 4 is 23.4 Å². The number of rotatable bonds is 9. The van der Waals surface area contributed by atoms with E-state index in [0.717, 1.165) is 16.9 Å². The van der Waals surface area contributed by atoms with Crippen LogP contribution >= 0.6 is 11.6 Å². The van der Waals surface area contributed by atoms with E-state index >= 15 is 0 Å². The van der Waals surface area contributed by atoms with E-state index < -0.39 is 6.04 Å². The van der Waals surface area contributed by atoms with Crippen LogP contribution in [0.15, 0.2) is 71.3 Å². The van der Waals surface area contributed by atoms with Gasteiger partial charge in [0.05, 0.1) is 26.3 Å². The predicted octanol–water partition coefficient (Wildman–Crippen LogP) is 4.22. The Bertz CT molecular complexity index is 985. The number of hydrogen-bond donors (Lipinski definition) is 1. The third-order valence-electron chi connectivity index (χ3n) is 4.96. The standard InChI is InChI=1S/C24H25ClN2O4/c1-17(24(29)26-15-22-4-3-13-31-22)27(16-19-7-11-21(30-2)12-8-19)23(28)14-18-5-9-20(25)10-6-18/h3-13,17H,14-16H2,1-2H3,(H,26,29)/t17-/m1/s1. The fourth-order valence-electron chi connectivity index (χ4n) is 3.12. The highest BCUT2D eigenvalue weighted by molar-refractivity contribution is 6.30. The Labute approximate surface area is 186 Å². The monoisotopic (exact) mass is 440 g/mol. The van der Waals surface area contributed by atoms with Crippen LogP contribution in [0.25, 0.3) is 0 Å². The lowest BCUT2D eigenvalue weighted by molar-refractivity contribution is -0.140. The summed E-state index contributed by atoms with van der Waals surface area (Å²) in [5.41, 5.74) is 1.73. The van der Waals surface area contributed by atoms with E-state index in [0.29, 0.717) is 17.3 Å². The van der Waals surface area contributed by atoms with Gasteiger partial charge in [-0.2, -0.15) is 0 Å². The Morgan fingerprint density at radius 2 is 1.74 bits per heavy atom. The number of nitrogens with zero attached hydrogens (tertiary/aromatic N) is 1. The lowest BCUT2D eigenvalue weighted by atomic mass is 10.1. The normalized spacial score (nSPS) is 11.6. The van der Waals surface area contributed by atoms with Crippen molar-refractivity contribution in [1.82, 2.24) is 10.2 Å². The summed E-state index contributed by atoms with van der Waals surface area (Å²) in [6.45, 7) is 2.28. The smallest absolute Gasteiger partial charge is 0.242 e. The Morgan fingerprint density at radius 3 is 2.35 bits per heavy atom. The molecule has 31 heavy (non-hydrogen) atoms. The zero-order chi connectivity index (χ0) is 22.2. The van der Waals surface area contributed by atoms with Crippen molar-refractivity contribution in [2.75, 3.05) is 7.11 Å². The quantitative estimate of drug-likeness (QED) is 0.540. The maximum atomic E-state index is 13.2. The van der Waals surface area contributed by atoms with Crippen LogP contribution in [-0.4, -0.2) is 29.9 Å². The Kier molecular flexibility index (Phi) is 7.73. The molecule has 0 fully saturated rings. The largest absolute Gasteiger partial charge is 0.497 e. The molecule has 1 heterocycles. The van der Waals surface area contributed by atoms with Crippen molar-refractivity contribution in [1.29, 1.82) is 0 Å². The third-order valence-corrected chi connectivity index (χ3v) is 5.22. The number of furan rings is 1. The van der Waals surface area contributed by atoms with Gasteiger partial charge in [0.2, 0.25) is 11.8 Å². The average Bonchev–Trinajstić information content (AvgIpc) is 3.31. The highest BCUT2D eigenvalue weighted by Gasteiger charge is 2.26. The molecule has 0 aliphatic rings. The van der Waals surface area contributed by atoms with E-state index in [1.807, 2.05) is 36.4 Å². The molecule has 0 saturated heterocycles. The van der Waals surface area contributed by atoms with Gasteiger partial charge in [0.1, 0.15) is 17.6 Å². The Hall–Kier alpha value is -3.25. The van der Waals surface area contributed by atoms with E-state index in [4.69, 9.17) is 20.8 Å². The zero-order valence-corrected chi connectivity index (χ0v) is 18.3. The van der Waals surface area contributed by atoms with Gasteiger partial charge in [-0.1, -0.05) is 35.9 Å². The molecule has 0 bridgehead atoms. The minimum Gasteiger partial charge on any atom is -0.497 e. The molecule has 2 amide bonds. The number of carbonyl (C=O) groups excluding carboxylic acids is 2. The lowest BCUT2D eigenvalue weighted by Crippen LogP contribution is -2.47. The van der Waals surface area contributed by atoms with Gasteiger partial charge in [-0.25, -0.2) is 0 Å². The van der Waals surface area contributed by atoms with Crippen LogP contribution in [0.4, 0.5) is 0 Å². The van der Waals surface area contributed by atoms with Gasteiger partial charge in [0.15, 0.2) is 0 Å². The highest BCUT2D eigenvalue weighted by atomic mass is 35.5. The van der Waals surface area contributed by atoms with Crippen molar-refractivity contribution in [2.45, 2.75) is 32.5 Å². The Balaban J connectivity index is 1.74. The van der Waals surface area contributed by atoms with Crippen LogP contribution in [0.3, 0.4) is 0 Å². The first kappa shape index (κ1) is 22.4. The summed E-state index contributed by atoms with van der Waals surface area (Å²) in [6, 6.07) is 17.4. The second-order valence-electron chi connectivity index (χ2n) is 7.15. The first-order valence-electron chi connectivity index (χ1n) is 9.93. The van der Waals surface area contributed by atoms with Crippen LogP contribution in [0, 0.1) is 0 Å². The number of hydrogen-bond acceptors (Lipinski definition) is 4. The SMILES string of the molecule is COc1ccc(CN(C(=O)Cc2ccc(Cl)cc2)[C@H](C)C(=O)NCc2ccco2)cc1. The van der Waals surface area contributed by atoms with Gasteiger partial charge >= 0.3 is 0 Å². The summed E-state index contributed by atoms with van der Waals surface area (Å²) in [6.07, 6.45) is 1.72. The van der Waals surface area contributed by atoms with Crippen LogP contribution in [0.5, 0.6) is 5.75 Å². The highest BCUT2D eigenvalue weighted by Crippen LogP contribution is 2.17. The molecule has 0 spiro atoms. The van der Waals surface area contributed by atoms with Gasteiger partial charge in [0.25, 0.3) is 0 Å². The van der Waals surface area contributed by atoms with Gasteiger partial charge in [-0.15, -0.1) is 0 Å². The van der Waals surface area contributed by atoms with Gasteiger partial charge in [0, 0.05) is 11.6 Å². The summed E-state index contributed by atoms with van der Waals surface area (Å²) < 4.78 is 10.5. The van der Waals surface area contributed by atoms with E-state index in [2.05, 4.69) is 5.32 Å². The number of nitrogens with one attached hydrogen (secondary N) is 1. The number of ether oxygens (including phenoxy) is 1. The number of carbonyl (C=O) groups is 2. The fraction of sp³-hybridized carbons (Fsp3) is 0.250. The number of halogens is 1. The molecular formula is C24H25ClN2O4. The fourth-order valence-corrected chi connectivity index (χ4v) is 3.25. The van der Waals surface area contributed by atoms with Gasteiger partial charge in [-0.05, 0) is 54.4 Å². The molecule has 0 aliphatic heterocycles. The zero-order valence-electron chi connectivity index (χ0n) is 17.5. The summed E-state index contributed by atoms with van der Waals surface area (Å²) in [7, 11) is 1.60. The van der Waals surface area contributed by atoms with Crippen LogP contribution in [0.1, 0.15) is 23.8 Å². The minimum absolute atomic E-state index is 0.154. The van der Waals surface area contributed by atoms with Crippen LogP contribution in [-0.2, 0) is 29.1 Å². The number of amides is 2. The molecule has 0 aliphatic carbocycles. The van der Waals surface area contributed by atoms with E-state index in [1.165, 1.54) is 0 Å². The second-order valence-corrected chi connectivity index (χ2v) is 7.58. The first-order valence-corrected chi connectivity index (χ1v) is 10.3. The number of methoxy groups -OCH3 is 1. The summed E-state index contributed by atoms with van der Waals surface area (Å²) in [4.78, 5) is 27.5. The molecule has 1 aromatic heterocycles. The van der Waals surface area contributed by atoms with E-state index in [1.54, 1.807) is 49.5 Å². The maximum absolute atomic E-state index is 13.2. The van der Waals surface area contributed by atoms with Gasteiger partial charge < -0.3 is 19.4 Å². The van der Waals surface area contributed by atoms with Crippen LogP contribution in [0.2, 0.25) is 5.02 Å². The first-order chi connectivity index (χ1) is 15.0. The van der Waals surface area contributed by atoms with Gasteiger partial charge in [-0.3, -0.25) is 9.59 Å². The van der Waals surface area contributed by atoms with Crippen molar-refractivity contribution in [3.8, 4) is 5.75 Å². The second kappa shape index (κ2) is 10.7. The molecule has 162 valence electrons. The lowest BCUT2D eigenvalue weighted by Gasteiger charge is -2.29. The molecule has 1 N–H and O–H groups in total. The molecule has 3 aromatic rings. The molecule has 0 unspecified atom stereocenters.